The van der Waals surface area contributed by atoms with Crippen molar-refractivity contribution in [1.82, 2.24) is 20.0 Å². The number of hydrogen-bond donors (Lipinski definition) is 0. The minimum atomic E-state index is -0.0748. The van der Waals surface area contributed by atoms with Crippen molar-refractivity contribution in [3.05, 3.63) is 81.5 Å². The van der Waals surface area contributed by atoms with Gasteiger partial charge < -0.3 is 9.32 Å². The molecule has 8 heteroatoms. The van der Waals surface area contributed by atoms with Crippen molar-refractivity contribution < 1.29 is 9.21 Å². The van der Waals surface area contributed by atoms with Gasteiger partial charge in [0.05, 0.1) is 23.6 Å². The van der Waals surface area contributed by atoms with E-state index in [1.807, 2.05) is 30.3 Å². The zero-order valence-corrected chi connectivity index (χ0v) is 17.2. The van der Waals surface area contributed by atoms with Gasteiger partial charge in [-0.05, 0) is 23.8 Å². The third-order valence-corrected chi connectivity index (χ3v) is 5.43. The fourth-order valence-electron chi connectivity index (χ4n) is 3.33. The summed E-state index contributed by atoms with van der Waals surface area (Å²) in [4.78, 5) is 16.7. The van der Waals surface area contributed by atoms with E-state index >= 15 is 0 Å². The molecule has 29 heavy (non-hydrogen) atoms. The summed E-state index contributed by atoms with van der Waals surface area (Å²) in [7, 11) is 0. The second-order valence-electron chi connectivity index (χ2n) is 6.94. The van der Waals surface area contributed by atoms with Gasteiger partial charge >= 0.3 is 0 Å². The van der Waals surface area contributed by atoms with E-state index in [1.54, 1.807) is 23.1 Å². The fourth-order valence-corrected chi connectivity index (χ4v) is 3.82. The number of nitrogens with zero attached hydrogens (tertiary/aromatic N) is 4. The maximum Gasteiger partial charge on any atom is 0.255 e. The Hall–Kier alpha value is -2.41. The summed E-state index contributed by atoms with van der Waals surface area (Å²) in [5.74, 6) is 1.13. The highest BCUT2D eigenvalue weighted by Gasteiger charge is 2.24. The van der Waals surface area contributed by atoms with Crippen molar-refractivity contribution in [1.29, 1.82) is 0 Å². The first-order valence-corrected chi connectivity index (χ1v) is 10.2. The van der Waals surface area contributed by atoms with Crippen LogP contribution in [-0.4, -0.2) is 52.1 Å². The molecule has 2 aromatic carbocycles. The Balaban J connectivity index is 1.30. The Labute approximate surface area is 179 Å². The van der Waals surface area contributed by atoms with Crippen molar-refractivity contribution >= 4 is 29.1 Å². The lowest BCUT2D eigenvalue weighted by Crippen LogP contribution is -2.48. The number of aromatic nitrogens is 2. The highest BCUT2D eigenvalue weighted by atomic mass is 35.5. The molecule has 0 N–H and O–H groups in total. The largest absolute Gasteiger partial charge is 0.424 e. The summed E-state index contributed by atoms with van der Waals surface area (Å²) in [5, 5.41) is 9.20. The third kappa shape index (κ3) is 4.96. The summed E-state index contributed by atoms with van der Waals surface area (Å²) in [6, 6.07) is 15.0. The van der Waals surface area contributed by atoms with Crippen molar-refractivity contribution in [2.45, 2.75) is 13.0 Å². The average molecular weight is 431 g/mol. The maximum absolute atomic E-state index is 12.7. The molecular weight excluding hydrogens is 411 g/mol. The molecular formula is C21H20Cl2N4O2. The van der Waals surface area contributed by atoms with E-state index in [2.05, 4.69) is 15.1 Å². The molecule has 0 saturated carbocycles. The lowest BCUT2D eigenvalue weighted by Gasteiger charge is -2.34. The van der Waals surface area contributed by atoms with Crippen LogP contribution in [0.25, 0.3) is 0 Å². The highest BCUT2D eigenvalue weighted by molar-refractivity contribution is 6.36. The fraction of sp³-hybridized carbons (Fsp3) is 0.286. The number of halogens is 2. The van der Waals surface area contributed by atoms with Gasteiger partial charge in [-0.2, -0.15) is 0 Å². The van der Waals surface area contributed by atoms with Crippen LogP contribution in [0.4, 0.5) is 0 Å². The van der Waals surface area contributed by atoms with Gasteiger partial charge in [0.25, 0.3) is 5.91 Å². The van der Waals surface area contributed by atoms with E-state index < -0.39 is 0 Å². The number of rotatable bonds is 5. The van der Waals surface area contributed by atoms with E-state index in [1.165, 1.54) is 0 Å². The number of piperazine rings is 1. The molecule has 150 valence electrons. The Kier molecular flexibility index (Phi) is 6.13. The van der Waals surface area contributed by atoms with Gasteiger partial charge in [0.1, 0.15) is 0 Å². The molecule has 1 aliphatic heterocycles. The molecule has 3 aromatic rings. The second kappa shape index (κ2) is 8.95. The van der Waals surface area contributed by atoms with Crippen LogP contribution in [0.2, 0.25) is 10.0 Å². The van der Waals surface area contributed by atoms with Crippen molar-refractivity contribution in [2.24, 2.45) is 0 Å². The van der Waals surface area contributed by atoms with E-state index in [-0.39, 0.29) is 5.91 Å². The standard InChI is InChI=1S/C21H20Cl2N4O2/c22-16-6-7-17(18(23)13-16)21(28)27-10-8-26(9-11-27)14-20-25-24-19(29-20)12-15-4-2-1-3-5-15/h1-7,13H,8-12,14H2. The van der Waals surface area contributed by atoms with Crippen molar-refractivity contribution in [3.63, 3.8) is 0 Å². The van der Waals surface area contributed by atoms with Crippen LogP contribution in [0.5, 0.6) is 0 Å². The molecule has 0 bridgehead atoms. The van der Waals surface area contributed by atoms with Crippen LogP contribution in [0.3, 0.4) is 0 Å². The second-order valence-corrected chi connectivity index (χ2v) is 7.79. The average Bonchev–Trinajstić information content (AvgIpc) is 3.15. The Bertz CT molecular complexity index is 985. The molecule has 0 unspecified atom stereocenters. The summed E-state index contributed by atoms with van der Waals surface area (Å²) >= 11 is 12.1. The molecule has 1 fully saturated rings. The number of carbonyl (C=O) groups excluding carboxylic acids is 1. The monoisotopic (exact) mass is 430 g/mol. The van der Waals surface area contributed by atoms with Crippen LogP contribution in [0, 0.1) is 0 Å². The topological polar surface area (TPSA) is 62.5 Å². The molecule has 0 spiro atoms. The van der Waals surface area contributed by atoms with Gasteiger partial charge in [0.2, 0.25) is 11.8 Å². The van der Waals surface area contributed by atoms with E-state index in [4.69, 9.17) is 27.6 Å². The Morgan fingerprint density at radius 3 is 2.41 bits per heavy atom. The number of benzene rings is 2. The SMILES string of the molecule is O=C(c1ccc(Cl)cc1Cl)N1CCN(Cc2nnc(Cc3ccccc3)o2)CC1. The van der Waals surface area contributed by atoms with Crippen LogP contribution < -0.4 is 0 Å². The quantitative estimate of drug-likeness (QED) is 0.613. The van der Waals surface area contributed by atoms with E-state index in [9.17, 15) is 4.79 Å². The smallest absolute Gasteiger partial charge is 0.255 e. The summed E-state index contributed by atoms with van der Waals surface area (Å²) in [5.41, 5.74) is 1.61. The predicted octanol–water partition coefficient (Wildman–Crippen LogP) is 3.93. The molecule has 1 aromatic heterocycles. The third-order valence-electron chi connectivity index (χ3n) is 4.89. The zero-order chi connectivity index (χ0) is 20.2. The van der Waals surface area contributed by atoms with Gasteiger partial charge in [-0.1, -0.05) is 53.5 Å². The predicted molar refractivity (Wildman–Crippen MR) is 111 cm³/mol. The van der Waals surface area contributed by atoms with Crippen molar-refractivity contribution in [3.8, 4) is 0 Å². The molecule has 6 nitrogen and oxygen atoms in total. The van der Waals surface area contributed by atoms with Gasteiger partial charge in [0.15, 0.2) is 0 Å². The Morgan fingerprint density at radius 1 is 0.966 bits per heavy atom. The van der Waals surface area contributed by atoms with Crippen LogP contribution in [0.1, 0.15) is 27.7 Å². The van der Waals surface area contributed by atoms with E-state index in [0.717, 1.165) is 18.7 Å². The molecule has 0 aliphatic carbocycles. The van der Waals surface area contributed by atoms with Gasteiger partial charge in [-0.25, -0.2) is 0 Å². The van der Waals surface area contributed by atoms with Gasteiger partial charge in [-0.3, -0.25) is 9.69 Å². The molecule has 2 heterocycles. The van der Waals surface area contributed by atoms with Crippen LogP contribution in [-0.2, 0) is 13.0 Å². The number of carbonyl (C=O) groups is 1. The van der Waals surface area contributed by atoms with Crippen LogP contribution >= 0.6 is 23.2 Å². The van der Waals surface area contributed by atoms with Crippen LogP contribution in [0.15, 0.2) is 52.9 Å². The normalized spacial score (nSPS) is 14.9. The minimum absolute atomic E-state index is 0.0748. The van der Waals surface area contributed by atoms with Gasteiger partial charge in [0, 0.05) is 31.2 Å². The summed E-state index contributed by atoms with van der Waals surface area (Å²) < 4.78 is 5.79. The summed E-state index contributed by atoms with van der Waals surface area (Å²) in [6.45, 7) is 3.26. The van der Waals surface area contributed by atoms with E-state index in [0.29, 0.717) is 53.4 Å². The minimum Gasteiger partial charge on any atom is -0.424 e. The lowest BCUT2D eigenvalue weighted by molar-refractivity contribution is 0.0618. The number of hydrogen-bond acceptors (Lipinski definition) is 5. The zero-order valence-electron chi connectivity index (χ0n) is 15.7. The van der Waals surface area contributed by atoms with Gasteiger partial charge in [-0.15, -0.1) is 10.2 Å². The first-order chi connectivity index (χ1) is 14.1. The summed E-state index contributed by atoms with van der Waals surface area (Å²) in [6.07, 6.45) is 0.623. The molecule has 1 saturated heterocycles. The molecule has 4 rings (SSSR count). The first-order valence-electron chi connectivity index (χ1n) is 9.40. The lowest BCUT2D eigenvalue weighted by atomic mass is 10.1. The Morgan fingerprint density at radius 2 is 1.69 bits per heavy atom. The maximum atomic E-state index is 12.7. The first kappa shape index (κ1) is 19.9. The molecule has 0 radical (unpaired) electrons. The van der Waals surface area contributed by atoms with Crippen molar-refractivity contribution in [2.75, 3.05) is 26.2 Å². The highest BCUT2D eigenvalue weighted by Crippen LogP contribution is 2.23. The molecule has 1 aliphatic rings. The molecule has 0 atom stereocenters. The molecule has 1 amide bonds. The number of amides is 1.